The zero-order valence-electron chi connectivity index (χ0n) is 19.8. The normalized spacial score (nSPS) is 11.7. The second kappa shape index (κ2) is 11.7. The van der Waals surface area contributed by atoms with E-state index in [0.717, 1.165) is 37.8 Å². The van der Waals surface area contributed by atoms with Gasteiger partial charge in [-0.1, -0.05) is 19.9 Å². The van der Waals surface area contributed by atoms with Gasteiger partial charge in [0.1, 0.15) is 5.75 Å². The van der Waals surface area contributed by atoms with Crippen molar-refractivity contribution >= 4 is 35.6 Å². The van der Waals surface area contributed by atoms with Gasteiger partial charge in [-0.05, 0) is 65.7 Å². The first-order chi connectivity index (χ1) is 16.4. The van der Waals surface area contributed by atoms with Gasteiger partial charge in [0.15, 0.2) is 0 Å². The fraction of sp³-hybridized carbons (Fsp3) is 0.185. The zero-order chi connectivity index (χ0) is 24.7. The maximum absolute atomic E-state index is 12.0. The number of carbonyl (C=O) groups excluding carboxylic acids is 1. The molecule has 1 aliphatic rings. The van der Waals surface area contributed by atoms with Gasteiger partial charge in [-0.2, -0.15) is 0 Å². The number of amides is 1. The number of anilines is 1. The van der Waals surface area contributed by atoms with E-state index in [1.165, 1.54) is 4.88 Å². The van der Waals surface area contributed by atoms with Gasteiger partial charge in [-0.15, -0.1) is 24.0 Å². The van der Waals surface area contributed by atoms with E-state index in [-0.39, 0.29) is 5.91 Å². The predicted molar refractivity (Wildman–Crippen MR) is 145 cm³/mol. The largest absolute Gasteiger partial charge is 0.497 e. The van der Waals surface area contributed by atoms with Crippen LogP contribution < -0.4 is 10.5 Å². The molecule has 0 saturated carbocycles. The Kier molecular flexibility index (Phi) is 8.73. The minimum Gasteiger partial charge on any atom is -0.497 e. The number of nitrogens with zero attached hydrogens (tertiary/aromatic N) is 2. The van der Waals surface area contributed by atoms with E-state index in [4.69, 9.17) is 10.5 Å². The average Bonchev–Trinajstić information content (AvgIpc) is 3.46. The molecule has 0 saturated heterocycles. The summed E-state index contributed by atoms with van der Waals surface area (Å²) in [5.74, 6) is 0.969. The molecule has 0 unspecified atom stereocenters. The molecule has 0 fully saturated rings. The molecule has 2 N–H and O–H groups in total. The Morgan fingerprint density at radius 2 is 1.65 bits per heavy atom. The van der Waals surface area contributed by atoms with E-state index in [0.29, 0.717) is 12.2 Å². The van der Waals surface area contributed by atoms with Gasteiger partial charge in [0, 0.05) is 51.8 Å². The number of rotatable bonds is 3. The first-order valence-corrected chi connectivity index (χ1v) is 12.2. The minimum absolute atomic E-state index is 0.101. The number of fused-ring (bicyclic) bond motifs is 1. The van der Waals surface area contributed by atoms with Crippen molar-refractivity contribution in [2.24, 2.45) is 0 Å². The van der Waals surface area contributed by atoms with Crippen LogP contribution in [0.1, 0.15) is 29.8 Å². The molecular formula is C27H29N3O2S2. The standard InChI is InChI=1S/C18H15N3OS.C7H8OS.C2H6/c1-21-10-13-6-11(2-3-15(13)18(21)22)16-4-5-17(23-16)12-7-14(19)9-20-8-12;1-8-6-2-4-7(9)5-3-6;1-2/h2-9H,10,19H2,1H3;2-5,9H,1H3;1-2H3. The fourth-order valence-electron chi connectivity index (χ4n) is 3.44. The molecule has 0 atom stereocenters. The number of aromatic nitrogens is 1. The Bertz CT molecular complexity index is 1250. The van der Waals surface area contributed by atoms with Crippen molar-refractivity contribution in [2.45, 2.75) is 25.3 Å². The lowest BCUT2D eigenvalue weighted by Gasteiger charge is -2.04. The number of benzene rings is 2. The Balaban J connectivity index is 0.000000248. The number of thiol groups is 1. The van der Waals surface area contributed by atoms with Gasteiger partial charge in [-0.25, -0.2) is 0 Å². The van der Waals surface area contributed by atoms with Crippen LogP contribution in [0.25, 0.3) is 20.9 Å². The summed E-state index contributed by atoms with van der Waals surface area (Å²) in [5.41, 5.74) is 10.5. The van der Waals surface area contributed by atoms with Gasteiger partial charge in [-0.3, -0.25) is 9.78 Å². The lowest BCUT2D eigenvalue weighted by atomic mass is 10.1. The van der Waals surface area contributed by atoms with Crippen LogP contribution in [0.15, 0.2) is 78.0 Å². The smallest absolute Gasteiger partial charge is 0.254 e. The number of thiophene rings is 1. The molecule has 0 spiro atoms. The van der Waals surface area contributed by atoms with E-state index in [9.17, 15) is 4.79 Å². The zero-order valence-corrected chi connectivity index (χ0v) is 21.5. The van der Waals surface area contributed by atoms with Crippen LogP contribution in [0.4, 0.5) is 5.69 Å². The maximum Gasteiger partial charge on any atom is 0.254 e. The minimum atomic E-state index is 0.101. The number of nitrogen functional groups attached to an aromatic ring is 1. The van der Waals surface area contributed by atoms with Gasteiger partial charge in [0.05, 0.1) is 12.8 Å². The predicted octanol–water partition coefficient (Wildman–Crippen LogP) is 6.66. The van der Waals surface area contributed by atoms with Gasteiger partial charge >= 0.3 is 0 Å². The molecule has 1 amide bonds. The molecule has 3 heterocycles. The number of carbonyl (C=O) groups is 1. The lowest BCUT2D eigenvalue weighted by molar-refractivity contribution is 0.0816. The topological polar surface area (TPSA) is 68.5 Å². The Hall–Kier alpha value is -3.29. The van der Waals surface area contributed by atoms with E-state index < -0.39 is 0 Å². The number of hydrogen-bond acceptors (Lipinski definition) is 6. The molecule has 0 bridgehead atoms. The molecule has 7 heteroatoms. The van der Waals surface area contributed by atoms with Crippen molar-refractivity contribution < 1.29 is 9.53 Å². The van der Waals surface area contributed by atoms with Crippen LogP contribution >= 0.6 is 24.0 Å². The highest BCUT2D eigenvalue weighted by atomic mass is 32.1. The molecule has 2 aromatic carbocycles. The molecule has 1 aliphatic heterocycles. The van der Waals surface area contributed by atoms with Crippen LogP contribution in [0.3, 0.4) is 0 Å². The molecule has 34 heavy (non-hydrogen) atoms. The third-order valence-electron chi connectivity index (χ3n) is 5.10. The second-order valence-corrected chi connectivity index (χ2v) is 9.00. The molecule has 5 rings (SSSR count). The van der Waals surface area contributed by atoms with Crippen molar-refractivity contribution in [1.82, 2.24) is 9.88 Å². The van der Waals surface area contributed by atoms with E-state index in [2.05, 4.69) is 35.8 Å². The summed E-state index contributed by atoms with van der Waals surface area (Å²) in [6.45, 7) is 4.68. The number of pyridine rings is 1. The monoisotopic (exact) mass is 491 g/mol. The molecule has 0 radical (unpaired) electrons. The molecular weight excluding hydrogens is 462 g/mol. The first kappa shape index (κ1) is 25.3. The van der Waals surface area contributed by atoms with Crippen molar-refractivity contribution in [3.8, 4) is 26.6 Å². The Morgan fingerprint density at radius 1 is 0.971 bits per heavy atom. The second-order valence-electron chi connectivity index (χ2n) is 7.40. The van der Waals surface area contributed by atoms with Crippen molar-refractivity contribution in [3.63, 3.8) is 0 Å². The van der Waals surface area contributed by atoms with Crippen molar-refractivity contribution in [2.75, 3.05) is 19.9 Å². The Morgan fingerprint density at radius 3 is 2.29 bits per heavy atom. The van der Waals surface area contributed by atoms with Gasteiger partial charge in [0.25, 0.3) is 5.91 Å². The first-order valence-electron chi connectivity index (χ1n) is 11.0. The highest BCUT2D eigenvalue weighted by molar-refractivity contribution is 7.80. The average molecular weight is 492 g/mol. The Labute approximate surface area is 210 Å². The van der Waals surface area contributed by atoms with Crippen LogP contribution in [0.2, 0.25) is 0 Å². The molecule has 176 valence electrons. The summed E-state index contributed by atoms with van der Waals surface area (Å²) in [5, 5.41) is 0. The van der Waals surface area contributed by atoms with Crippen LogP contribution in [0, 0.1) is 0 Å². The van der Waals surface area contributed by atoms with Crippen LogP contribution in [-0.2, 0) is 6.54 Å². The summed E-state index contributed by atoms with van der Waals surface area (Å²) in [6.07, 6.45) is 3.47. The van der Waals surface area contributed by atoms with Crippen molar-refractivity contribution in [3.05, 3.63) is 84.2 Å². The third kappa shape index (κ3) is 5.98. The summed E-state index contributed by atoms with van der Waals surface area (Å²) in [6, 6.07) is 19.7. The highest BCUT2D eigenvalue weighted by Gasteiger charge is 2.24. The van der Waals surface area contributed by atoms with Crippen LogP contribution in [-0.4, -0.2) is 29.9 Å². The van der Waals surface area contributed by atoms with Crippen molar-refractivity contribution in [1.29, 1.82) is 0 Å². The number of methoxy groups -OCH3 is 1. The van der Waals surface area contributed by atoms with Gasteiger partial charge in [0.2, 0.25) is 0 Å². The summed E-state index contributed by atoms with van der Waals surface area (Å²) >= 11 is 5.82. The highest BCUT2D eigenvalue weighted by Crippen LogP contribution is 2.36. The van der Waals surface area contributed by atoms with E-state index >= 15 is 0 Å². The lowest BCUT2D eigenvalue weighted by Crippen LogP contribution is -2.17. The van der Waals surface area contributed by atoms with Crippen LogP contribution in [0.5, 0.6) is 5.75 Å². The summed E-state index contributed by atoms with van der Waals surface area (Å²) in [4.78, 5) is 21.1. The number of ether oxygens (including phenoxy) is 1. The summed E-state index contributed by atoms with van der Waals surface area (Å²) < 4.78 is 4.94. The maximum atomic E-state index is 12.0. The molecule has 5 nitrogen and oxygen atoms in total. The fourth-order valence-corrected chi connectivity index (χ4v) is 4.57. The molecule has 2 aromatic heterocycles. The summed E-state index contributed by atoms with van der Waals surface area (Å²) in [7, 11) is 3.48. The number of hydrogen-bond donors (Lipinski definition) is 2. The van der Waals surface area contributed by atoms with E-state index in [1.807, 2.05) is 69.6 Å². The number of nitrogens with two attached hydrogens (primary N) is 1. The molecule has 0 aliphatic carbocycles. The third-order valence-corrected chi connectivity index (χ3v) is 6.58. The van der Waals surface area contributed by atoms with Gasteiger partial charge < -0.3 is 15.4 Å². The quantitative estimate of drug-likeness (QED) is 0.315. The SMILES string of the molecule is CC.CN1Cc2cc(-c3ccc(-c4cncc(N)c4)s3)ccc2C1=O.COc1ccc(S)cc1. The molecule has 4 aromatic rings. The van der Waals surface area contributed by atoms with E-state index in [1.54, 1.807) is 29.5 Å².